The summed E-state index contributed by atoms with van der Waals surface area (Å²) in [5.74, 6) is -1.10. The van der Waals surface area contributed by atoms with E-state index in [1.54, 1.807) is 18.2 Å². The number of nitrogens with one attached hydrogen (secondary N) is 2. The molecule has 4 aromatic rings. The van der Waals surface area contributed by atoms with Crippen molar-refractivity contribution in [1.82, 2.24) is 10.2 Å². The highest BCUT2D eigenvalue weighted by molar-refractivity contribution is 5.95. The number of urea groups is 1. The van der Waals surface area contributed by atoms with Gasteiger partial charge in [-0.25, -0.2) is 14.4 Å². The summed E-state index contributed by atoms with van der Waals surface area (Å²) in [6.45, 7) is 0.305. The number of hydrogen-bond donors (Lipinski definition) is 4. The maximum Gasteiger partial charge on any atom is 0.407 e. The van der Waals surface area contributed by atoms with Crippen molar-refractivity contribution in [3.63, 3.8) is 0 Å². The number of amides is 3. The van der Waals surface area contributed by atoms with E-state index in [0.717, 1.165) is 16.3 Å². The third-order valence-corrected chi connectivity index (χ3v) is 6.35. The van der Waals surface area contributed by atoms with Crippen molar-refractivity contribution in [3.8, 4) is 5.75 Å². The molecule has 0 radical (unpaired) electrons. The first-order valence-corrected chi connectivity index (χ1v) is 12.9. The average Bonchev–Trinajstić information content (AvgIpc) is 2.96. The SMILES string of the molecule is O=C(NCCC[C@H](C(=O)O)N(Cc1ccc(O)cc1)C(=O)Nc1ccc2ccccc2c1)OCc1ccccc1. The molecule has 4 rings (SSSR count). The molecular weight excluding hydrogens is 510 g/mol. The van der Waals surface area contributed by atoms with Crippen molar-refractivity contribution in [2.45, 2.75) is 32.0 Å². The largest absolute Gasteiger partial charge is 0.508 e. The lowest BCUT2D eigenvalue weighted by Crippen LogP contribution is -2.47. The molecule has 9 nitrogen and oxygen atoms in total. The van der Waals surface area contributed by atoms with Crippen LogP contribution in [0.3, 0.4) is 0 Å². The first kappa shape index (κ1) is 28.0. The van der Waals surface area contributed by atoms with Gasteiger partial charge in [0.15, 0.2) is 0 Å². The van der Waals surface area contributed by atoms with Crippen LogP contribution in [0.2, 0.25) is 0 Å². The summed E-state index contributed by atoms with van der Waals surface area (Å²) in [7, 11) is 0. The number of nitrogens with zero attached hydrogens (tertiary/aromatic N) is 1. The monoisotopic (exact) mass is 541 g/mol. The van der Waals surface area contributed by atoms with Crippen molar-refractivity contribution >= 4 is 34.6 Å². The van der Waals surface area contributed by atoms with Crippen LogP contribution in [0.15, 0.2) is 97.1 Å². The standard InChI is InChI=1S/C31H31N3O6/c35-27-16-12-22(13-17-27)20-34(30(38)33-26-15-14-24-9-4-5-10-25(24)19-26)28(29(36)37)11-6-18-32-31(39)40-21-23-7-2-1-3-8-23/h1-5,7-10,12-17,19,28,35H,6,11,18,20-21H2,(H,32,39)(H,33,38)(H,36,37)/t28-/m1/s1. The minimum absolute atomic E-state index is 0.00318. The number of carboxylic acid groups (broad SMARTS) is 1. The molecule has 0 spiro atoms. The number of hydrogen-bond acceptors (Lipinski definition) is 5. The molecule has 0 fully saturated rings. The Bertz CT molecular complexity index is 1440. The van der Waals surface area contributed by atoms with Crippen LogP contribution in [-0.2, 0) is 22.7 Å². The van der Waals surface area contributed by atoms with Crippen LogP contribution in [0.1, 0.15) is 24.0 Å². The summed E-state index contributed by atoms with van der Waals surface area (Å²) < 4.78 is 5.19. The third kappa shape index (κ3) is 7.97. The van der Waals surface area contributed by atoms with E-state index in [4.69, 9.17) is 4.74 Å². The fourth-order valence-electron chi connectivity index (χ4n) is 4.26. The highest BCUT2D eigenvalue weighted by Gasteiger charge is 2.30. The van der Waals surface area contributed by atoms with Crippen molar-refractivity contribution < 1.29 is 29.3 Å². The Morgan fingerprint density at radius 1 is 0.825 bits per heavy atom. The molecule has 0 heterocycles. The predicted octanol–water partition coefficient (Wildman–Crippen LogP) is 5.74. The predicted molar refractivity (Wildman–Crippen MR) is 152 cm³/mol. The molecule has 3 amide bonds. The molecule has 0 unspecified atom stereocenters. The molecule has 0 aromatic heterocycles. The van der Waals surface area contributed by atoms with Gasteiger partial charge in [0.1, 0.15) is 18.4 Å². The molecule has 4 N–H and O–H groups in total. The lowest BCUT2D eigenvalue weighted by molar-refractivity contribution is -0.142. The van der Waals surface area contributed by atoms with E-state index in [2.05, 4.69) is 10.6 Å². The second kappa shape index (κ2) is 13.7. The molecule has 0 saturated carbocycles. The van der Waals surface area contributed by atoms with Gasteiger partial charge >= 0.3 is 18.1 Å². The molecule has 0 bridgehead atoms. The summed E-state index contributed by atoms with van der Waals surface area (Å²) in [5, 5.41) is 27.1. The number of rotatable bonds is 11. The van der Waals surface area contributed by atoms with Gasteiger partial charge in [-0.1, -0.05) is 72.8 Å². The number of carboxylic acids is 1. The molecule has 4 aromatic carbocycles. The van der Waals surface area contributed by atoms with E-state index in [0.29, 0.717) is 17.7 Å². The number of ether oxygens (including phenoxy) is 1. The van der Waals surface area contributed by atoms with E-state index in [9.17, 15) is 24.6 Å². The molecule has 0 aliphatic rings. The van der Waals surface area contributed by atoms with Crippen molar-refractivity contribution in [2.75, 3.05) is 11.9 Å². The molecule has 206 valence electrons. The van der Waals surface area contributed by atoms with Crippen LogP contribution < -0.4 is 10.6 Å². The van der Waals surface area contributed by atoms with Gasteiger partial charge in [0.05, 0.1) is 0 Å². The summed E-state index contributed by atoms with van der Waals surface area (Å²) in [5.41, 5.74) is 2.04. The van der Waals surface area contributed by atoms with Crippen LogP contribution in [0.4, 0.5) is 15.3 Å². The molecule has 0 aliphatic carbocycles. The molecule has 0 aliphatic heterocycles. The molecular formula is C31H31N3O6. The lowest BCUT2D eigenvalue weighted by Gasteiger charge is -2.29. The second-order valence-electron chi connectivity index (χ2n) is 9.27. The Hall–Kier alpha value is -5.05. The first-order valence-electron chi connectivity index (χ1n) is 12.9. The number of aliphatic carboxylic acids is 1. The van der Waals surface area contributed by atoms with Crippen LogP contribution in [-0.4, -0.2) is 45.8 Å². The van der Waals surface area contributed by atoms with Gasteiger partial charge in [-0.05, 0) is 59.0 Å². The number of carbonyl (C=O) groups is 3. The normalized spacial score (nSPS) is 11.4. The van der Waals surface area contributed by atoms with E-state index in [1.807, 2.05) is 66.7 Å². The Labute approximate surface area is 232 Å². The molecule has 9 heteroatoms. The van der Waals surface area contributed by atoms with Crippen molar-refractivity contribution in [2.24, 2.45) is 0 Å². The smallest absolute Gasteiger partial charge is 0.407 e. The Morgan fingerprint density at radius 2 is 1.52 bits per heavy atom. The zero-order valence-electron chi connectivity index (χ0n) is 21.8. The van der Waals surface area contributed by atoms with E-state index < -0.39 is 24.1 Å². The number of alkyl carbamates (subject to hydrolysis) is 1. The topological polar surface area (TPSA) is 128 Å². The highest BCUT2D eigenvalue weighted by atomic mass is 16.5. The van der Waals surface area contributed by atoms with Gasteiger partial charge in [-0.3, -0.25) is 0 Å². The average molecular weight is 542 g/mol. The van der Waals surface area contributed by atoms with Gasteiger partial charge in [0.25, 0.3) is 0 Å². The zero-order valence-corrected chi connectivity index (χ0v) is 21.8. The fraction of sp³-hybridized carbons (Fsp3) is 0.194. The number of aromatic hydroxyl groups is 1. The number of phenols is 1. The van der Waals surface area contributed by atoms with Crippen molar-refractivity contribution in [1.29, 1.82) is 0 Å². The van der Waals surface area contributed by atoms with Crippen LogP contribution in [0, 0.1) is 0 Å². The minimum Gasteiger partial charge on any atom is -0.508 e. The number of phenolic OH excluding ortho intramolecular Hbond substituents is 1. The van der Waals surface area contributed by atoms with Gasteiger partial charge < -0.3 is 30.5 Å². The first-order chi connectivity index (χ1) is 19.4. The summed E-state index contributed by atoms with van der Waals surface area (Å²) in [4.78, 5) is 39.1. The highest BCUT2D eigenvalue weighted by Crippen LogP contribution is 2.21. The van der Waals surface area contributed by atoms with Gasteiger partial charge in [0, 0.05) is 18.8 Å². The maximum absolute atomic E-state index is 13.4. The number of benzene rings is 4. The fourth-order valence-corrected chi connectivity index (χ4v) is 4.26. The number of carbonyl (C=O) groups excluding carboxylic acids is 2. The zero-order chi connectivity index (χ0) is 28.3. The second-order valence-corrected chi connectivity index (χ2v) is 9.27. The van der Waals surface area contributed by atoms with E-state index >= 15 is 0 Å². The van der Waals surface area contributed by atoms with E-state index in [-0.39, 0.29) is 31.9 Å². The molecule has 1 atom stereocenters. The van der Waals surface area contributed by atoms with Gasteiger partial charge in [-0.2, -0.15) is 0 Å². The van der Waals surface area contributed by atoms with Crippen LogP contribution in [0.5, 0.6) is 5.75 Å². The number of fused-ring (bicyclic) bond motifs is 1. The summed E-state index contributed by atoms with van der Waals surface area (Å²) in [6, 6.07) is 26.9. The van der Waals surface area contributed by atoms with Gasteiger partial charge in [-0.15, -0.1) is 0 Å². The Morgan fingerprint density at radius 3 is 2.25 bits per heavy atom. The Kier molecular flexibility index (Phi) is 9.55. The summed E-state index contributed by atoms with van der Waals surface area (Å²) >= 11 is 0. The lowest BCUT2D eigenvalue weighted by atomic mass is 10.1. The van der Waals surface area contributed by atoms with Crippen LogP contribution >= 0.6 is 0 Å². The quantitative estimate of drug-likeness (QED) is 0.179. The summed E-state index contributed by atoms with van der Waals surface area (Å²) in [6.07, 6.45) is -0.213. The number of anilines is 1. The van der Waals surface area contributed by atoms with Crippen molar-refractivity contribution in [3.05, 3.63) is 108 Å². The third-order valence-electron chi connectivity index (χ3n) is 6.35. The van der Waals surface area contributed by atoms with E-state index in [1.165, 1.54) is 17.0 Å². The van der Waals surface area contributed by atoms with Gasteiger partial charge in [0.2, 0.25) is 0 Å². The van der Waals surface area contributed by atoms with Crippen LogP contribution in [0.25, 0.3) is 10.8 Å². The molecule has 40 heavy (non-hydrogen) atoms. The minimum atomic E-state index is -1.17. The Balaban J connectivity index is 1.41. The molecule has 0 saturated heterocycles. The maximum atomic E-state index is 13.4.